The summed E-state index contributed by atoms with van der Waals surface area (Å²) in [5.41, 5.74) is 0.412. The Balaban J connectivity index is 2.34. The number of rotatable bonds is 4. The molecule has 0 atom stereocenters. The maximum atomic E-state index is 12.1. The fourth-order valence-corrected chi connectivity index (χ4v) is 2.89. The number of hydrogen-bond donors (Lipinski definition) is 0. The van der Waals surface area contributed by atoms with E-state index in [1.165, 1.54) is 49.4 Å². The highest BCUT2D eigenvalue weighted by molar-refractivity contribution is 7.87. The quantitative estimate of drug-likeness (QED) is 0.622. The van der Waals surface area contributed by atoms with Crippen LogP contribution < -0.4 is 4.18 Å². The second kappa shape index (κ2) is 6.05. The van der Waals surface area contributed by atoms with Gasteiger partial charge in [0, 0.05) is 5.56 Å². The minimum atomic E-state index is -4.05. The molecule has 4 nitrogen and oxygen atoms in total. The van der Waals surface area contributed by atoms with Crippen LogP contribution in [0.25, 0.3) is 0 Å². The van der Waals surface area contributed by atoms with Crippen LogP contribution in [-0.2, 0) is 10.1 Å². The van der Waals surface area contributed by atoms with Crippen LogP contribution in [0.3, 0.4) is 0 Å². The molecule has 0 aliphatic heterocycles. The van der Waals surface area contributed by atoms with Crippen molar-refractivity contribution in [3.05, 3.63) is 58.1 Å². The Morgan fingerprint density at radius 1 is 1.05 bits per heavy atom. The highest BCUT2D eigenvalue weighted by atomic mass is 35.5. The van der Waals surface area contributed by atoms with Gasteiger partial charge in [-0.05, 0) is 31.2 Å². The molecule has 2 aromatic carbocycles. The van der Waals surface area contributed by atoms with Crippen LogP contribution in [0.4, 0.5) is 0 Å². The van der Waals surface area contributed by atoms with Crippen LogP contribution in [0.15, 0.2) is 47.4 Å². The molecule has 0 bridgehead atoms. The molecule has 0 spiro atoms. The molecule has 0 heterocycles. The summed E-state index contributed by atoms with van der Waals surface area (Å²) in [5.74, 6) is -0.211. The van der Waals surface area contributed by atoms with Gasteiger partial charge in [0.1, 0.15) is 9.92 Å². The van der Waals surface area contributed by atoms with Gasteiger partial charge in [0.15, 0.2) is 11.5 Å². The van der Waals surface area contributed by atoms with Crippen molar-refractivity contribution in [3.8, 4) is 5.75 Å². The molecule has 2 aromatic rings. The zero-order valence-electron chi connectivity index (χ0n) is 10.8. The minimum absolute atomic E-state index is 0.0168. The second-order valence-corrected chi connectivity index (χ2v) is 6.50. The van der Waals surface area contributed by atoms with Crippen molar-refractivity contribution >= 4 is 39.1 Å². The fourth-order valence-electron chi connectivity index (χ4n) is 1.57. The van der Waals surface area contributed by atoms with Gasteiger partial charge in [-0.3, -0.25) is 4.79 Å². The second-order valence-electron chi connectivity index (χ2n) is 4.17. The van der Waals surface area contributed by atoms with Gasteiger partial charge < -0.3 is 4.18 Å². The van der Waals surface area contributed by atoms with E-state index in [0.29, 0.717) is 5.56 Å². The molecule has 0 radical (unpaired) electrons. The van der Waals surface area contributed by atoms with Gasteiger partial charge in [-0.1, -0.05) is 41.4 Å². The van der Waals surface area contributed by atoms with E-state index in [-0.39, 0.29) is 26.5 Å². The van der Waals surface area contributed by atoms with Crippen molar-refractivity contribution in [3.63, 3.8) is 0 Å². The Morgan fingerprint density at radius 2 is 1.67 bits per heavy atom. The number of carbonyl (C=O) groups is 1. The third-order valence-corrected chi connectivity index (χ3v) is 4.72. The summed E-state index contributed by atoms with van der Waals surface area (Å²) in [4.78, 5) is 11.1. The van der Waals surface area contributed by atoms with E-state index < -0.39 is 10.1 Å². The van der Waals surface area contributed by atoms with E-state index in [2.05, 4.69) is 0 Å². The van der Waals surface area contributed by atoms with E-state index in [1.807, 2.05) is 0 Å². The van der Waals surface area contributed by atoms with Gasteiger partial charge in [0.25, 0.3) is 0 Å². The van der Waals surface area contributed by atoms with Gasteiger partial charge >= 0.3 is 10.1 Å². The van der Waals surface area contributed by atoms with Gasteiger partial charge in [-0.2, -0.15) is 8.42 Å². The molecule has 0 unspecified atom stereocenters. The lowest BCUT2D eigenvalue weighted by Crippen LogP contribution is -2.10. The summed E-state index contributed by atoms with van der Waals surface area (Å²) in [6.45, 7) is 1.39. The van der Waals surface area contributed by atoms with Crippen LogP contribution in [-0.4, -0.2) is 14.2 Å². The molecule has 0 amide bonds. The predicted molar refractivity (Wildman–Crippen MR) is 80.7 cm³/mol. The highest BCUT2D eigenvalue weighted by Gasteiger charge is 2.19. The molecule has 0 saturated heterocycles. The van der Waals surface area contributed by atoms with Crippen molar-refractivity contribution in [2.45, 2.75) is 11.8 Å². The molecule has 7 heteroatoms. The number of carbonyl (C=O) groups excluding carboxylic acids is 1. The maximum absolute atomic E-state index is 12.1. The van der Waals surface area contributed by atoms with E-state index in [4.69, 9.17) is 27.4 Å². The molecular formula is C14H10Cl2O4S. The van der Waals surface area contributed by atoms with Gasteiger partial charge in [-0.25, -0.2) is 0 Å². The molecule has 21 heavy (non-hydrogen) atoms. The number of Topliss-reactive ketones (excluding diaryl/α,β-unsaturated/α-hetero) is 1. The van der Waals surface area contributed by atoms with Crippen LogP contribution in [0, 0.1) is 0 Å². The van der Waals surface area contributed by atoms with Crippen molar-refractivity contribution < 1.29 is 17.4 Å². The number of ketones is 1. The SMILES string of the molecule is CC(=O)c1ccc(S(=O)(=O)Oc2cccc(Cl)c2Cl)cc1. The fraction of sp³-hybridized carbons (Fsp3) is 0.0714. The Bertz CT molecular complexity index is 783. The van der Waals surface area contributed by atoms with Gasteiger partial charge in [-0.15, -0.1) is 0 Å². The summed E-state index contributed by atoms with van der Waals surface area (Å²) < 4.78 is 29.2. The van der Waals surface area contributed by atoms with Gasteiger partial charge in [0.2, 0.25) is 0 Å². The summed E-state index contributed by atoms with van der Waals surface area (Å²) >= 11 is 11.7. The van der Waals surface area contributed by atoms with Gasteiger partial charge in [0.05, 0.1) is 5.02 Å². The molecule has 0 aromatic heterocycles. The summed E-state index contributed by atoms with van der Waals surface area (Å²) in [6.07, 6.45) is 0. The van der Waals surface area contributed by atoms with Crippen LogP contribution in [0.5, 0.6) is 5.75 Å². The maximum Gasteiger partial charge on any atom is 0.339 e. The Morgan fingerprint density at radius 3 is 2.24 bits per heavy atom. The first-order valence-electron chi connectivity index (χ1n) is 5.81. The van der Waals surface area contributed by atoms with Crippen molar-refractivity contribution in [2.75, 3.05) is 0 Å². The zero-order chi connectivity index (χ0) is 15.6. The third kappa shape index (κ3) is 3.56. The molecule has 0 N–H and O–H groups in total. The lowest BCUT2D eigenvalue weighted by molar-refractivity contribution is 0.101. The predicted octanol–water partition coefficient (Wildman–Crippen LogP) is 3.96. The molecule has 2 rings (SSSR count). The van der Waals surface area contributed by atoms with E-state index >= 15 is 0 Å². The highest BCUT2D eigenvalue weighted by Crippen LogP contribution is 2.33. The first kappa shape index (κ1) is 15.8. The van der Waals surface area contributed by atoms with Crippen LogP contribution in [0.2, 0.25) is 10.0 Å². The van der Waals surface area contributed by atoms with Crippen LogP contribution in [0.1, 0.15) is 17.3 Å². The molecule has 110 valence electrons. The van der Waals surface area contributed by atoms with E-state index in [1.54, 1.807) is 0 Å². The van der Waals surface area contributed by atoms with Crippen molar-refractivity contribution in [1.29, 1.82) is 0 Å². The Kier molecular flexibility index (Phi) is 4.56. The molecule has 0 aliphatic carbocycles. The topological polar surface area (TPSA) is 60.4 Å². The molecule has 0 aliphatic rings. The summed E-state index contributed by atoms with van der Waals surface area (Å²) in [7, 11) is -4.05. The normalized spacial score (nSPS) is 11.2. The number of hydrogen-bond acceptors (Lipinski definition) is 4. The summed E-state index contributed by atoms with van der Waals surface area (Å²) in [6, 6.07) is 9.87. The monoisotopic (exact) mass is 344 g/mol. The average molecular weight is 345 g/mol. The minimum Gasteiger partial charge on any atom is -0.377 e. The summed E-state index contributed by atoms with van der Waals surface area (Å²) in [5, 5.41) is 0.208. The molecular weight excluding hydrogens is 335 g/mol. The lowest BCUT2D eigenvalue weighted by atomic mass is 10.2. The van der Waals surface area contributed by atoms with Crippen LogP contribution >= 0.6 is 23.2 Å². The van der Waals surface area contributed by atoms with Crippen molar-refractivity contribution in [2.24, 2.45) is 0 Å². The molecule has 0 fully saturated rings. The zero-order valence-corrected chi connectivity index (χ0v) is 13.2. The first-order chi connectivity index (χ1) is 9.81. The third-order valence-electron chi connectivity index (χ3n) is 2.67. The van der Waals surface area contributed by atoms with Crippen molar-refractivity contribution in [1.82, 2.24) is 0 Å². The number of halogens is 2. The smallest absolute Gasteiger partial charge is 0.339 e. The first-order valence-corrected chi connectivity index (χ1v) is 7.97. The van der Waals surface area contributed by atoms with E-state index in [9.17, 15) is 13.2 Å². The number of benzene rings is 2. The average Bonchev–Trinajstić information content (AvgIpc) is 2.44. The largest absolute Gasteiger partial charge is 0.377 e. The standard InChI is InChI=1S/C14H10Cl2O4S/c1-9(17)10-5-7-11(8-6-10)21(18,19)20-13-4-2-3-12(15)14(13)16/h2-8H,1H3. The lowest BCUT2D eigenvalue weighted by Gasteiger charge is -2.09. The Hall–Kier alpha value is -1.56. The van der Waals surface area contributed by atoms with E-state index in [0.717, 1.165) is 0 Å². The Labute approximate surface area is 132 Å². The molecule has 0 saturated carbocycles.